The summed E-state index contributed by atoms with van der Waals surface area (Å²) in [5.74, 6) is 5.29. The van der Waals surface area contributed by atoms with Crippen LogP contribution in [0.2, 0.25) is 5.02 Å². The van der Waals surface area contributed by atoms with Gasteiger partial charge in [-0.25, -0.2) is 9.82 Å². The Bertz CT molecular complexity index is 545. The lowest BCUT2D eigenvalue weighted by molar-refractivity contribution is 0.615. The predicted octanol–water partition coefficient (Wildman–Crippen LogP) is 3.79. The van der Waals surface area contributed by atoms with Gasteiger partial charge in [0.1, 0.15) is 5.82 Å². The molecular formula is C13H11BrClFN2. The summed E-state index contributed by atoms with van der Waals surface area (Å²) in [6.07, 6.45) is 0. The van der Waals surface area contributed by atoms with E-state index in [-0.39, 0.29) is 11.9 Å². The van der Waals surface area contributed by atoms with Crippen LogP contribution < -0.4 is 11.3 Å². The molecule has 0 amide bonds. The minimum Gasteiger partial charge on any atom is -0.271 e. The van der Waals surface area contributed by atoms with Crippen LogP contribution in [0.25, 0.3) is 0 Å². The molecule has 0 spiro atoms. The van der Waals surface area contributed by atoms with Gasteiger partial charge in [-0.05, 0) is 45.3 Å². The number of benzene rings is 2. The number of hydrogen-bond donors (Lipinski definition) is 2. The van der Waals surface area contributed by atoms with Gasteiger partial charge in [-0.3, -0.25) is 5.84 Å². The molecule has 1 unspecified atom stereocenters. The Balaban J connectivity index is 2.45. The highest BCUT2D eigenvalue weighted by Gasteiger charge is 2.16. The molecule has 0 aliphatic heterocycles. The van der Waals surface area contributed by atoms with E-state index in [9.17, 15) is 4.39 Å². The maximum Gasteiger partial charge on any atom is 0.123 e. The van der Waals surface area contributed by atoms with Crippen LogP contribution >= 0.6 is 27.5 Å². The van der Waals surface area contributed by atoms with Crippen LogP contribution in [-0.2, 0) is 0 Å². The zero-order chi connectivity index (χ0) is 13.1. The molecule has 18 heavy (non-hydrogen) atoms. The first kappa shape index (κ1) is 13.5. The molecule has 5 heteroatoms. The van der Waals surface area contributed by atoms with E-state index >= 15 is 0 Å². The van der Waals surface area contributed by atoms with Crippen molar-refractivity contribution in [2.45, 2.75) is 6.04 Å². The molecule has 0 bridgehead atoms. The van der Waals surface area contributed by atoms with E-state index in [0.29, 0.717) is 5.02 Å². The second kappa shape index (κ2) is 5.80. The standard InChI is InChI=1S/C13H11BrClFN2/c14-11-3-1-2-10(12(11)15)13(18-17)8-4-6-9(16)7-5-8/h1-7,13,18H,17H2. The number of rotatable bonds is 3. The largest absolute Gasteiger partial charge is 0.271 e. The van der Waals surface area contributed by atoms with Gasteiger partial charge >= 0.3 is 0 Å². The molecule has 2 nitrogen and oxygen atoms in total. The first-order valence-electron chi connectivity index (χ1n) is 5.29. The zero-order valence-electron chi connectivity index (χ0n) is 9.33. The van der Waals surface area contributed by atoms with Gasteiger partial charge in [0.2, 0.25) is 0 Å². The summed E-state index contributed by atoms with van der Waals surface area (Å²) in [6.45, 7) is 0. The van der Waals surface area contributed by atoms with E-state index in [4.69, 9.17) is 17.4 Å². The molecule has 0 radical (unpaired) electrons. The highest BCUT2D eigenvalue weighted by molar-refractivity contribution is 9.10. The molecule has 2 aromatic rings. The third-order valence-electron chi connectivity index (χ3n) is 2.66. The fourth-order valence-corrected chi connectivity index (χ4v) is 2.38. The van der Waals surface area contributed by atoms with Gasteiger partial charge in [-0.1, -0.05) is 35.9 Å². The Labute approximate surface area is 118 Å². The van der Waals surface area contributed by atoms with Gasteiger partial charge in [0.25, 0.3) is 0 Å². The topological polar surface area (TPSA) is 38.0 Å². The summed E-state index contributed by atoms with van der Waals surface area (Å²) in [7, 11) is 0. The van der Waals surface area contributed by atoms with Crippen LogP contribution in [0.15, 0.2) is 46.9 Å². The molecular weight excluding hydrogens is 319 g/mol. The van der Waals surface area contributed by atoms with E-state index in [1.807, 2.05) is 18.2 Å². The minimum absolute atomic E-state index is 0.282. The third kappa shape index (κ3) is 2.72. The molecule has 0 aliphatic rings. The van der Waals surface area contributed by atoms with E-state index in [2.05, 4.69) is 21.4 Å². The number of hydrazine groups is 1. The zero-order valence-corrected chi connectivity index (χ0v) is 11.7. The maximum atomic E-state index is 12.9. The lowest BCUT2D eigenvalue weighted by Gasteiger charge is -2.18. The van der Waals surface area contributed by atoms with E-state index in [0.717, 1.165) is 15.6 Å². The second-order valence-electron chi connectivity index (χ2n) is 3.79. The van der Waals surface area contributed by atoms with Crippen molar-refractivity contribution < 1.29 is 4.39 Å². The van der Waals surface area contributed by atoms with Crippen LogP contribution in [-0.4, -0.2) is 0 Å². The van der Waals surface area contributed by atoms with Gasteiger partial charge in [0.15, 0.2) is 0 Å². The van der Waals surface area contributed by atoms with Crippen molar-refractivity contribution in [2.24, 2.45) is 5.84 Å². The summed E-state index contributed by atoms with van der Waals surface area (Å²) in [5.41, 5.74) is 4.37. The molecule has 0 aromatic heterocycles. The van der Waals surface area contributed by atoms with Gasteiger partial charge in [0.05, 0.1) is 11.1 Å². The number of halogens is 3. The van der Waals surface area contributed by atoms with Crippen molar-refractivity contribution in [3.8, 4) is 0 Å². The normalized spacial score (nSPS) is 12.4. The quantitative estimate of drug-likeness (QED) is 0.664. The molecule has 0 heterocycles. The van der Waals surface area contributed by atoms with E-state index < -0.39 is 0 Å². The van der Waals surface area contributed by atoms with Gasteiger partial charge < -0.3 is 0 Å². The summed E-state index contributed by atoms with van der Waals surface area (Å²) in [5, 5.41) is 0.588. The average molecular weight is 330 g/mol. The van der Waals surface area contributed by atoms with E-state index in [1.165, 1.54) is 12.1 Å². The smallest absolute Gasteiger partial charge is 0.123 e. The summed E-state index contributed by atoms with van der Waals surface area (Å²) in [6, 6.07) is 11.5. The number of nitrogens with two attached hydrogens (primary N) is 1. The highest BCUT2D eigenvalue weighted by atomic mass is 79.9. The fourth-order valence-electron chi connectivity index (χ4n) is 1.76. The van der Waals surface area contributed by atoms with Crippen LogP contribution in [0.1, 0.15) is 17.2 Å². The monoisotopic (exact) mass is 328 g/mol. The molecule has 3 N–H and O–H groups in total. The number of hydrogen-bond acceptors (Lipinski definition) is 2. The van der Waals surface area contributed by atoms with Crippen molar-refractivity contribution in [1.29, 1.82) is 0 Å². The Morgan fingerprint density at radius 1 is 1.17 bits per heavy atom. The van der Waals surface area contributed by atoms with Crippen molar-refractivity contribution in [1.82, 2.24) is 5.43 Å². The Hall–Kier alpha value is -0.940. The number of nitrogens with one attached hydrogen (secondary N) is 1. The minimum atomic E-state index is -0.283. The van der Waals surface area contributed by atoms with Crippen molar-refractivity contribution in [2.75, 3.05) is 0 Å². The lowest BCUT2D eigenvalue weighted by atomic mass is 9.99. The molecule has 0 saturated heterocycles. The molecule has 0 fully saturated rings. The van der Waals surface area contributed by atoms with Gasteiger partial charge in [0, 0.05) is 4.47 Å². The lowest BCUT2D eigenvalue weighted by Crippen LogP contribution is -2.29. The van der Waals surface area contributed by atoms with Gasteiger partial charge in [-0.2, -0.15) is 0 Å². The van der Waals surface area contributed by atoms with Crippen molar-refractivity contribution in [3.63, 3.8) is 0 Å². The molecule has 2 rings (SSSR count). The predicted molar refractivity (Wildman–Crippen MR) is 74.7 cm³/mol. The van der Waals surface area contributed by atoms with Crippen molar-refractivity contribution >= 4 is 27.5 Å². The van der Waals surface area contributed by atoms with Crippen LogP contribution in [0.3, 0.4) is 0 Å². The third-order valence-corrected chi connectivity index (χ3v) is 3.97. The molecule has 0 saturated carbocycles. The maximum absolute atomic E-state index is 12.9. The molecule has 1 atom stereocenters. The van der Waals surface area contributed by atoms with Crippen LogP contribution in [0, 0.1) is 5.82 Å². The first-order chi connectivity index (χ1) is 8.63. The SMILES string of the molecule is NNC(c1ccc(F)cc1)c1cccc(Br)c1Cl. The Morgan fingerprint density at radius 3 is 2.44 bits per heavy atom. The van der Waals surface area contributed by atoms with Gasteiger partial charge in [-0.15, -0.1) is 0 Å². The molecule has 2 aromatic carbocycles. The average Bonchev–Trinajstić information content (AvgIpc) is 2.37. The second-order valence-corrected chi connectivity index (χ2v) is 5.03. The summed E-state index contributed by atoms with van der Waals surface area (Å²) in [4.78, 5) is 0. The summed E-state index contributed by atoms with van der Waals surface area (Å²) >= 11 is 9.60. The summed E-state index contributed by atoms with van der Waals surface area (Å²) < 4.78 is 13.7. The molecule has 0 aliphatic carbocycles. The van der Waals surface area contributed by atoms with Crippen LogP contribution in [0.5, 0.6) is 0 Å². The van der Waals surface area contributed by atoms with Crippen molar-refractivity contribution in [3.05, 3.63) is 68.9 Å². The Kier molecular flexibility index (Phi) is 4.35. The van der Waals surface area contributed by atoms with Crippen LogP contribution in [0.4, 0.5) is 4.39 Å². The highest BCUT2D eigenvalue weighted by Crippen LogP contribution is 2.32. The Morgan fingerprint density at radius 2 is 1.83 bits per heavy atom. The first-order valence-corrected chi connectivity index (χ1v) is 6.46. The fraction of sp³-hybridized carbons (Fsp3) is 0.0769. The molecule has 94 valence electrons. The van der Waals surface area contributed by atoms with E-state index in [1.54, 1.807) is 12.1 Å².